The quantitative estimate of drug-likeness (QED) is 0.530. The fourth-order valence-corrected chi connectivity index (χ4v) is 5.22. The Morgan fingerprint density at radius 3 is 1.47 bits per heavy atom. The number of nitrogens with one attached hydrogen (secondary N) is 2. The Balaban J connectivity index is 0.00000228. The molecule has 2 aromatic carbocycles. The summed E-state index contributed by atoms with van der Waals surface area (Å²) in [5, 5.41) is 6.90. The smallest absolute Gasteiger partial charge is 0.150 e. The van der Waals surface area contributed by atoms with Gasteiger partial charge >= 0.3 is 0 Å². The third-order valence-corrected chi connectivity index (χ3v) is 7.02. The number of carbonyl (C=O) groups is 1. The molecule has 0 spiro atoms. The molecule has 2 aliphatic rings. The summed E-state index contributed by atoms with van der Waals surface area (Å²) >= 11 is 0. The van der Waals surface area contributed by atoms with Gasteiger partial charge in [-0.1, -0.05) is 24.3 Å². The Bertz CT molecular complexity index is 872. The van der Waals surface area contributed by atoms with Gasteiger partial charge in [0.25, 0.3) is 0 Å². The number of piperazine rings is 2. The van der Waals surface area contributed by atoms with Crippen LogP contribution in [-0.2, 0) is 4.79 Å². The number of benzene rings is 2. The highest BCUT2D eigenvalue weighted by atomic mass is 35.5. The first-order chi connectivity index (χ1) is 16.4. The van der Waals surface area contributed by atoms with Crippen LogP contribution in [0, 0.1) is 11.6 Å². The Morgan fingerprint density at radius 1 is 0.778 bits per heavy atom. The molecule has 2 fully saturated rings. The molecule has 0 bridgehead atoms. The number of hydrogen-bond donors (Lipinski definition) is 2. The van der Waals surface area contributed by atoms with Crippen LogP contribution in [0.3, 0.4) is 0 Å². The molecular weight excluding hydrogens is 505 g/mol. The zero-order chi connectivity index (χ0) is 24.1. The van der Waals surface area contributed by atoms with Crippen LogP contribution in [-0.4, -0.2) is 80.0 Å². The van der Waals surface area contributed by atoms with Crippen molar-refractivity contribution >= 4 is 30.6 Å². The Kier molecular flexibility index (Phi) is 12.2. The van der Waals surface area contributed by atoms with E-state index < -0.39 is 0 Å². The molecule has 0 radical (unpaired) electrons. The molecule has 2 aliphatic heterocycles. The molecule has 0 saturated carbocycles. The van der Waals surface area contributed by atoms with Gasteiger partial charge in [-0.25, -0.2) is 8.78 Å². The van der Waals surface area contributed by atoms with Gasteiger partial charge in [0.05, 0.1) is 11.8 Å². The lowest BCUT2D eigenvalue weighted by Crippen LogP contribution is -2.52. The maximum atomic E-state index is 14.3. The second kappa shape index (κ2) is 14.4. The molecule has 2 saturated heterocycles. The molecule has 5 nitrogen and oxygen atoms in total. The van der Waals surface area contributed by atoms with Gasteiger partial charge in [0.2, 0.25) is 0 Å². The average Bonchev–Trinajstić information content (AvgIpc) is 2.82. The van der Waals surface area contributed by atoms with Crippen molar-refractivity contribution in [1.29, 1.82) is 0 Å². The normalized spacial score (nSPS) is 22.7. The number of carbonyl (C=O) groups excluding carboxylic acids is 1. The maximum absolute atomic E-state index is 14.3. The van der Waals surface area contributed by atoms with Gasteiger partial charge in [-0.3, -0.25) is 14.6 Å². The van der Waals surface area contributed by atoms with E-state index in [1.54, 1.807) is 24.3 Å². The van der Waals surface area contributed by atoms with Crippen molar-refractivity contribution in [3.63, 3.8) is 0 Å². The minimum Gasteiger partial charge on any atom is -0.312 e. The SMILES string of the molecule is CC1CN(CC(C(=O)C(CN2CCNC(C)C2)c2ccc(F)cc2)c2ccc(F)cc2)CCN1.Cl.Cl. The van der Waals surface area contributed by atoms with Crippen LogP contribution in [0.5, 0.6) is 0 Å². The zero-order valence-corrected chi connectivity index (χ0v) is 22.6. The predicted octanol–water partition coefficient (Wildman–Crippen LogP) is 3.83. The fraction of sp³-hybridized carbons (Fsp3) is 0.519. The number of hydrogen-bond acceptors (Lipinski definition) is 5. The standard InChI is InChI=1S/C27H36F2N4O.2ClH/c1-19-15-32(13-11-30-19)17-25(21-3-7-23(28)8-4-21)27(34)26(22-5-9-24(29)10-6-22)18-33-14-12-31-20(2)16-33;;/h3-10,19-20,25-26,30-31H,11-18H2,1-2H3;2*1H. The molecule has 9 heteroatoms. The van der Waals surface area contributed by atoms with Crippen LogP contribution in [0.2, 0.25) is 0 Å². The number of nitrogens with zero attached hydrogens (tertiary/aromatic N) is 2. The fourth-order valence-electron chi connectivity index (χ4n) is 5.22. The predicted molar refractivity (Wildman–Crippen MR) is 146 cm³/mol. The maximum Gasteiger partial charge on any atom is 0.150 e. The summed E-state index contributed by atoms with van der Waals surface area (Å²) in [6.07, 6.45) is 0. The summed E-state index contributed by atoms with van der Waals surface area (Å²) in [5.74, 6) is -1.29. The molecule has 36 heavy (non-hydrogen) atoms. The highest BCUT2D eigenvalue weighted by Gasteiger charge is 2.33. The van der Waals surface area contributed by atoms with E-state index in [0.29, 0.717) is 25.2 Å². The summed E-state index contributed by atoms with van der Waals surface area (Å²) in [6, 6.07) is 13.4. The second-order valence-electron chi connectivity index (χ2n) is 9.84. The minimum atomic E-state index is -0.388. The van der Waals surface area contributed by atoms with Crippen LogP contribution in [0.4, 0.5) is 8.78 Å². The van der Waals surface area contributed by atoms with Gasteiger partial charge in [-0.2, -0.15) is 0 Å². The second-order valence-corrected chi connectivity index (χ2v) is 9.84. The van der Waals surface area contributed by atoms with Crippen molar-refractivity contribution < 1.29 is 13.6 Å². The summed E-state index contributed by atoms with van der Waals surface area (Å²) in [4.78, 5) is 18.9. The molecule has 4 atom stereocenters. The number of ketones is 1. The number of Topliss-reactive ketones (excluding diaryl/α,β-unsaturated/α-hetero) is 1. The van der Waals surface area contributed by atoms with E-state index in [9.17, 15) is 13.6 Å². The van der Waals surface area contributed by atoms with Crippen molar-refractivity contribution in [3.8, 4) is 0 Å². The van der Waals surface area contributed by atoms with Crippen LogP contribution in [0.15, 0.2) is 48.5 Å². The van der Waals surface area contributed by atoms with Gasteiger partial charge in [0, 0.05) is 64.4 Å². The van der Waals surface area contributed by atoms with Crippen molar-refractivity contribution in [1.82, 2.24) is 20.4 Å². The Hall–Kier alpha value is -1.61. The number of halogens is 4. The van der Waals surface area contributed by atoms with Gasteiger partial charge in [-0.15, -0.1) is 24.8 Å². The van der Waals surface area contributed by atoms with Gasteiger partial charge in [-0.05, 0) is 49.2 Å². The zero-order valence-electron chi connectivity index (χ0n) is 21.0. The van der Waals surface area contributed by atoms with Crippen LogP contribution in [0.1, 0.15) is 36.8 Å². The van der Waals surface area contributed by atoms with Crippen molar-refractivity contribution in [2.24, 2.45) is 0 Å². The summed E-state index contributed by atoms with van der Waals surface area (Å²) in [5.41, 5.74) is 1.66. The molecule has 4 unspecified atom stereocenters. The van der Waals surface area contributed by atoms with Crippen LogP contribution >= 0.6 is 24.8 Å². The first kappa shape index (κ1) is 30.6. The summed E-state index contributed by atoms with van der Waals surface area (Å²) in [7, 11) is 0. The van der Waals surface area contributed by atoms with E-state index in [0.717, 1.165) is 50.4 Å². The lowest BCUT2D eigenvalue weighted by Gasteiger charge is -2.37. The van der Waals surface area contributed by atoms with Crippen LogP contribution < -0.4 is 10.6 Å². The van der Waals surface area contributed by atoms with E-state index in [1.165, 1.54) is 24.3 Å². The minimum absolute atomic E-state index is 0. The molecule has 4 rings (SSSR count). The molecule has 0 aliphatic carbocycles. The first-order valence-corrected chi connectivity index (χ1v) is 12.3. The molecule has 2 heterocycles. The molecule has 2 aromatic rings. The molecule has 2 N–H and O–H groups in total. The Morgan fingerprint density at radius 2 is 1.14 bits per heavy atom. The van der Waals surface area contributed by atoms with E-state index in [4.69, 9.17) is 0 Å². The van der Waals surface area contributed by atoms with E-state index in [-0.39, 0.29) is 54.1 Å². The van der Waals surface area contributed by atoms with Crippen molar-refractivity contribution in [2.75, 3.05) is 52.4 Å². The lowest BCUT2D eigenvalue weighted by molar-refractivity contribution is -0.123. The molecule has 200 valence electrons. The first-order valence-electron chi connectivity index (χ1n) is 12.3. The lowest BCUT2D eigenvalue weighted by atomic mass is 9.82. The monoisotopic (exact) mass is 542 g/mol. The Labute approximate surface area is 225 Å². The highest BCUT2D eigenvalue weighted by molar-refractivity contribution is 5.92. The van der Waals surface area contributed by atoms with E-state index in [2.05, 4.69) is 34.3 Å². The largest absolute Gasteiger partial charge is 0.312 e. The van der Waals surface area contributed by atoms with Gasteiger partial charge in [0.15, 0.2) is 0 Å². The van der Waals surface area contributed by atoms with E-state index >= 15 is 0 Å². The van der Waals surface area contributed by atoms with Crippen LogP contribution in [0.25, 0.3) is 0 Å². The van der Waals surface area contributed by atoms with Crippen molar-refractivity contribution in [3.05, 3.63) is 71.3 Å². The molecule has 0 amide bonds. The van der Waals surface area contributed by atoms with Gasteiger partial charge < -0.3 is 10.6 Å². The third kappa shape index (κ3) is 8.20. The summed E-state index contributed by atoms with van der Waals surface area (Å²) < 4.78 is 27.4. The average molecular weight is 544 g/mol. The van der Waals surface area contributed by atoms with E-state index in [1.807, 2.05) is 0 Å². The topological polar surface area (TPSA) is 47.6 Å². The van der Waals surface area contributed by atoms with Crippen molar-refractivity contribution in [2.45, 2.75) is 37.8 Å². The third-order valence-electron chi connectivity index (χ3n) is 7.02. The molecular formula is C27H38Cl2F2N4O. The van der Waals surface area contributed by atoms with Gasteiger partial charge in [0.1, 0.15) is 17.4 Å². The molecule has 0 aromatic heterocycles. The summed E-state index contributed by atoms with van der Waals surface area (Å²) in [6.45, 7) is 10.7. The highest BCUT2D eigenvalue weighted by Crippen LogP contribution is 2.30. The number of rotatable bonds is 8.